The highest BCUT2D eigenvalue weighted by Crippen LogP contribution is 2.31. The molecular formula is C19H20O2. The van der Waals surface area contributed by atoms with Gasteiger partial charge in [0.05, 0.1) is 12.2 Å². The molecule has 1 heterocycles. The summed E-state index contributed by atoms with van der Waals surface area (Å²) >= 11 is 0. The van der Waals surface area contributed by atoms with Crippen molar-refractivity contribution >= 4 is 5.78 Å². The average molecular weight is 280 g/mol. The zero-order chi connectivity index (χ0) is 14.8. The molecule has 2 nitrogen and oxygen atoms in total. The van der Waals surface area contributed by atoms with E-state index in [0.29, 0.717) is 12.2 Å². The summed E-state index contributed by atoms with van der Waals surface area (Å²) in [6.07, 6.45) is 3.16. The van der Waals surface area contributed by atoms with Crippen molar-refractivity contribution in [2.75, 3.05) is 6.61 Å². The first-order valence-electron chi connectivity index (χ1n) is 7.53. The van der Waals surface area contributed by atoms with Gasteiger partial charge in [-0.15, -0.1) is 0 Å². The molecule has 21 heavy (non-hydrogen) atoms. The van der Waals surface area contributed by atoms with Gasteiger partial charge in [-0.2, -0.15) is 0 Å². The van der Waals surface area contributed by atoms with E-state index in [4.69, 9.17) is 4.74 Å². The molecule has 0 aliphatic carbocycles. The topological polar surface area (TPSA) is 26.3 Å². The highest BCUT2D eigenvalue weighted by atomic mass is 16.5. The van der Waals surface area contributed by atoms with Gasteiger partial charge in [0.1, 0.15) is 5.75 Å². The molecule has 3 rings (SSSR count). The van der Waals surface area contributed by atoms with Crippen LogP contribution in [0.1, 0.15) is 45.5 Å². The Balaban J connectivity index is 2.09. The molecule has 0 saturated heterocycles. The third-order valence-electron chi connectivity index (χ3n) is 3.92. The SMILES string of the molecule is Cc1cccc(C(=O)c2cc(C)cc3c2OCCCC3)c1. The summed E-state index contributed by atoms with van der Waals surface area (Å²) in [5, 5.41) is 0. The van der Waals surface area contributed by atoms with Crippen LogP contribution in [0.5, 0.6) is 5.75 Å². The van der Waals surface area contributed by atoms with E-state index in [9.17, 15) is 4.79 Å². The van der Waals surface area contributed by atoms with Crippen molar-refractivity contribution in [1.82, 2.24) is 0 Å². The van der Waals surface area contributed by atoms with E-state index >= 15 is 0 Å². The van der Waals surface area contributed by atoms with E-state index in [1.54, 1.807) is 0 Å². The molecule has 2 aromatic carbocycles. The van der Waals surface area contributed by atoms with Crippen molar-refractivity contribution in [2.24, 2.45) is 0 Å². The predicted molar refractivity (Wildman–Crippen MR) is 84.2 cm³/mol. The van der Waals surface area contributed by atoms with Crippen LogP contribution in [-0.2, 0) is 6.42 Å². The Morgan fingerprint density at radius 2 is 1.90 bits per heavy atom. The zero-order valence-corrected chi connectivity index (χ0v) is 12.6. The Bertz CT molecular complexity index is 686. The van der Waals surface area contributed by atoms with Gasteiger partial charge in [-0.1, -0.05) is 29.8 Å². The van der Waals surface area contributed by atoms with Crippen LogP contribution in [-0.4, -0.2) is 12.4 Å². The van der Waals surface area contributed by atoms with Crippen molar-refractivity contribution in [3.8, 4) is 5.75 Å². The largest absolute Gasteiger partial charge is 0.493 e. The van der Waals surface area contributed by atoms with Gasteiger partial charge < -0.3 is 4.74 Å². The Hall–Kier alpha value is -2.09. The molecule has 2 aromatic rings. The fourth-order valence-corrected chi connectivity index (χ4v) is 2.91. The Kier molecular flexibility index (Phi) is 3.78. The Morgan fingerprint density at radius 3 is 2.71 bits per heavy atom. The molecule has 0 aromatic heterocycles. The lowest BCUT2D eigenvalue weighted by atomic mass is 9.95. The second-order valence-corrected chi connectivity index (χ2v) is 5.80. The Labute approximate surface area is 125 Å². The van der Waals surface area contributed by atoms with Crippen LogP contribution >= 0.6 is 0 Å². The van der Waals surface area contributed by atoms with Gasteiger partial charge in [-0.25, -0.2) is 0 Å². The molecule has 0 saturated carbocycles. The number of carbonyl (C=O) groups excluding carboxylic acids is 1. The van der Waals surface area contributed by atoms with E-state index in [0.717, 1.165) is 41.7 Å². The molecule has 0 N–H and O–H groups in total. The number of hydrogen-bond donors (Lipinski definition) is 0. The Morgan fingerprint density at radius 1 is 1.05 bits per heavy atom. The number of hydrogen-bond acceptors (Lipinski definition) is 2. The lowest BCUT2D eigenvalue weighted by Crippen LogP contribution is -2.07. The van der Waals surface area contributed by atoms with Crippen LogP contribution in [0.4, 0.5) is 0 Å². The van der Waals surface area contributed by atoms with Crippen molar-refractivity contribution in [1.29, 1.82) is 0 Å². The zero-order valence-electron chi connectivity index (χ0n) is 12.6. The molecule has 0 amide bonds. The minimum Gasteiger partial charge on any atom is -0.493 e. The molecule has 0 fully saturated rings. The summed E-state index contributed by atoms with van der Waals surface area (Å²) in [6.45, 7) is 4.74. The lowest BCUT2D eigenvalue weighted by Gasteiger charge is -2.14. The van der Waals surface area contributed by atoms with Crippen LogP contribution in [0.25, 0.3) is 0 Å². The lowest BCUT2D eigenvalue weighted by molar-refractivity contribution is 0.103. The van der Waals surface area contributed by atoms with E-state index in [1.807, 2.05) is 44.2 Å². The van der Waals surface area contributed by atoms with Crippen molar-refractivity contribution in [3.05, 3.63) is 64.2 Å². The second kappa shape index (κ2) is 5.72. The minimum absolute atomic E-state index is 0.0561. The third kappa shape index (κ3) is 2.85. The maximum Gasteiger partial charge on any atom is 0.196 e. The molecular weight excluding hydrogens is 260 g/mol. The fraction of sp³-hybridized carbons (Fsp3) is 0.316. The van der Waals surface area contributed by atoms with Gasteiger partial charge in [0.2, 0.25) is 0 Å². The minimum atomic E-state index is 0.0561. The third-order valence-corrected chi connectivity index (χ3v) is 3.92. The number of carbonyl (C=O) groups is 1. The maximum atomic E-state index is 12.9. The summed E-state index contributed by atoms with van der Waals surface area (Å²) in [7, 11) is 0. The van der Waals surface area contributed by atoms with Crippen molar-refractivity contribution in [2.45, 2.75) is 33.1 Å². The van der Waals surface area contributed by atoms with Gasteiger partial charge in [0.15, 0.2) is 5.78 Å². The molecule has 1 aliphatic heterocycles. The second-order valence-electron chi connectivity index (χ2n) is 5.80. The normalized spacial score (nSPS) is 14.0. The number of rotatable bonds is 2. The van der Waals surface area contributed by atoms with Crippen molar-refractivity contribution < 1.29 is 9.53 Å². The molecule has 0 unspecified atom stereocenters. The molecule has 0 radical (unpaired) electrons. The summed E-state index contributed by atoms with van der Waals surface area (Å²) in [5.41, 5.74) is 4.83. The first-order chi connectivity index (χ1) is 10.1. The van der Waals surface area contributed by atoms with Gasteiger partial charge in [0.25, 0.3) is 0 Å². The van der Waals surface area contributed by atoms with E-state index in [-0.39, 0.29) is 5.78 Å². The van der Waals surface area contributed by atoms with Gasteiger partial charge >= 0.3 is 0 Å². The molecule has 0 spiro atoms. The maximum absolute atomic E-state index is 12.9. The number of ether oxygens (including phenoxy) is 1. The quantitative estimate of drug-likeness (QED) is 0.769. The molecule has 0 atom stereocenters. The molecule has 1 aliphatic rings. The summed E-state index contributed by atoms with van der Waals surface area (Å²) in [5.74, 6) is 0.852. The highest BCUT2D eigenvalue weighted by Gasteiger charge is 2.20. The smallest absolute Gasteiger partial charge is 0.196 e. The van der Waals surface area contributed by atoms with E-state index in [1.165, 1.54) is 5.56 Å². The highest BCUT2D eigenvalue weighted by molar-refractivity contribution is 6.11. The predicted octanol–water partition coefficient (Wildman–Crippen LogP) is 4.25. The number of aryl methyl sites for hydroxylation is 3. The summed E-state index contributed by atoms with van der Waals surface area (Å²) < 4.78 is 5.89. The molecule has 0 bridgehead atoms. The van der Waals surface area contributed by atoms with E-state index in [2.05, 4.69) is 6.07 Å². The van der Waals surface area contributed by atoms with Crippen LogP contribution in [0.2, 0.25) is 0 Å². The van der Waals surface area contributed by atoms with Gasteiger partial charge in [0, 0.05) is 5.56 Å². The number of ketones is 1. The molecule has 108 valence electrons. The monoisotopic (exact) mass is 280 g/mol. The standard InChI is InChI=1S/C19H20O2/c1-13-6-5-8-15(10-13)18(20)17-12-14(2)11-16-7-3-4-9-21-19(16)17/h5-6,8,10-12H,3-4,7,9H2,1-2H3. The molecule has 2 heteroatoms. The van der Waals surface area contributed by atoms with Crippen LogP contribution in [0, 0.1) is 13.8 Å². The van der Waals surface area contributed by atoms with Crippen LogP contribution in [0.15, 0.2) is 36.4 Å². The summed E-state index contributed by atoms with van der Waals surface area (Å²) in [4.78, 5) is 12.9. The van der Waals surface area contributed by atoms with Gasteiger partial charge in [-0.05, 0) is 56.4 Å². The summed E-state index contributed by atoms with van der Waals surface area (Å²) in [6, 6.07) is 11.8. The van der Waals surface area contributed by atoms with E-state index < -0.39 is 0 Å². The first-order valence-corrected chi connectivity index (χ1v) is 7.53. The van der Waals surface area contributed by atoms with Crippen LogP contribution < -0.4 is 4.74 Å². The van der Waals surface area contributed by atoms with Crippen molar-refractivity contribution in [3.63, 3.8) is 0 Å². The average Bonchev–Trinajstić information content (AvgIpc) is 2.71. The fourth-order valence-electron chi connectivity index (χ4n) is 2.91. The number of fused-ring (bicyclic) bond motifs is 1. The first kappa shape index (κ1) is 13.9. The van der Waals surface area contributed by atoms with Crippen LogP contribution in [0.3, 0.4) is 0 Å². The van der Waals surface area contributed by atoms with Gasteiger partial charge in [-0.3, -0.25) is 4.79 Å². The number of benzene rings is 2.